The van der Waals surface area contributed by atoms with E-state index >= 15 is 0 Å². The fourth-order valence-corrected chi connectivity index (χ4v) is 2.41. The molecule has 88 valence electrons. The summed E-state index contributed by atoms with van der Waals surface area (Å²) in [4.78, 5) is 11.6. The maximum atomic E-state index is 11.6. The van der Waals surface area contributed by atoms with E-state index in [0.29, 0.717) is 0 Å². The van der Waals surface area contributed by atoms with Crippen LogP contribution in [-0.4, -0.2) is 36.2 Å². The molecule has 0 aromatic heterocycles. The quantitative estimate of drug-likeness (QED) is 0.709. The molecule has 0 radical (unpaired) electrons. The molecular weight excluding hydrogens is 210 g/mol. The summed E-state index contributed by atoms with van der Waals surface area (Å²) in [6.07, 6.45) is 2.74. The summed E-state index contributed by atoms with van der Waals surface area (Å²) in [6, 6.07) is 0.265. The van der Waals surface area contributed by atoms with Crippen LogP contribution in [0.4, 0.5) is 0 Å². The van der Waals surface area contributed by atoms with Crippen LogP contribution in [0.15, 0.2) is 0 Å². The van der Waals surface area contributed by atoms with E-state index in [9.17, 15) is 4.79 Å². The number of amides is 1. The van der Waals surface area contributed by atoms with Gasteiger partial charge in [-0.25, -0.2) is 0 Å². The Morgan fingerprint density at radius 2 is 2.47 bits per heavy atom. The monoisotopic (exact) mass is 231 g/mol. The zero-order chi connectivity index (χ0) is 11.1. The van der Waals surface area contributed by atoms with Gasteiger partial charge in [0.05, 0.1) is 0 Å². The van der Waals surface area contributed by atoms with E-state index in [2.05, 4.69) is 19.2 Å². The van der Waals surface area contributed by atoms with Crippen molar-refractivity contribution >= 4 is 17.7 Å². The summed E-state index contributed by atoms with van der Waals surface area (Å²) in [5.41, 5.74) is 0. The van der Waals surface area contributed by atoms with Gasteiger partial charge in [-0.2, -0.15) is 11.8 Å². The van der Waals surface area contributed by atoms with Gasteiger partial charge in [0.1, 0.15) is 6.10 Å². The lowest BCUT2D eigenvalue weighted by atomic mass is 10.2. The molecular formula is C11H21NO2S. The SMILES string of the molecule is CCSCC[C@@H](C)NC(=O)[C@H]1CCCO1. The van der Waals surface area contributed by atoms with Crippen molar-refractivity contribution < 1.29 is 9.53 Å². The van der Waals surface area contributed by atoms with Crippen molar-refractivity contribution in [1.82, 2.24) is 5.32 Å². The maximum Gasteiger partial charge on any atom is 0.249 e. The second kappa shape index (κ2) is 7.12. The van der Waals surface area contributed by atoms with Gasteiger partial charge in [-0.15, -0.1) is 0 Å². The third kappa shape index (κ3) is 4.89. The predicted octanol–water partition coefficient (Wildman–Crippen LogP) is 1.81. The third-order valence-electron chi connectivity index (χ3n) is 2.51. The minimum absolute atomic E-state index is 0.0708. The van der Waals surface area contributed by atoms with Crippen molar-refractivity contribution in [3.63, 3.8) is 0 Å². The Kier molecular flexibility index (Phi) is 6.10. The minimum atomic E-state index is -0.189. The number of thioether (sulfide) groups is 1. The van der Waals surface area contributed by atoms with Crippen molar-refractivity contribution in [2.24, 2.45) is 0 Å². The molecule has 1 aliphatic heterocycles. The molecule has 1 N–H and O–H groups in total. The highest BCUT2D eigenvalue weighted by atomic mass is 32.2. The molecule has 2 atom stereocenters. The molecule has 1 fully saturated rings. The van der Waals surface area contributed by atoms with Gasteiger partial charge in [0.15, 0.2) is 0 Å². The van der Waals surface area contributed by atoms with Crippen LogP contribution >= 0.6 is 11.8 Å². The largest absolute Gasteiger partial charge is 0.368 e. The van der Waals surface area contributed by atoms with Gasteiger partial charge in [-0.1, -0.05) is 6.92 Å². The maximum absolute atomic E-state index is 11.6. The highest BCUT2D eigenvalue weighted by Crippen LogP contribution is 2.12. The zero-order valence-corrected chi connectivity index (χ0v) is 10.4. The van der Waals surface area contributed by atoms with Gasteiger partial charge in [-0.3, -0.25) is 4.79 Å². The predicted molar refractivity (Wildman–Crippen MR) is 64.2 cm³/mol. The number of hydrogen-bond donors (Lipinski definition) is 1. The van der Waals surface area contributed by atoms with Gasteiger partial charge in [-0.05, 0) is 37.7 Å². The van der Waals surface area contributed by atoms with E-state index in [1.807, 2.05) is 11.8 Å². The normalized spacial score (nSPS) is 22.7. The van der Waals surface area contributed by atoms with Crippen LogP contribution in [0, 0.1) is 0 Å². The summed E-state index contributed by atoms with van der Waals surface area (Å²) in [5, 5.41) is 3.00. The van der Waals surface area contributed by atoms with Crippen molar-refractivity contribution in [2.75, 3.05) is 18.1 Å². The van der Waals surface area contributed by atoms with E-state index < -0.39 is 0 Å². The van der Waals surface area contributed by atoms with E-state index in [1.54, 1.807) is 0 Å². The molecule has 0 saturated carbocycles. The highest BCUT2D eigenvalue weighted by Gasteiger charge is 2.24. The Morgan fingerprint density at radius 3 is 3.07 bits per heavy atom. The lowest BCUT2D eigenvalue weighted by Crippen LogP contribution is -2.40. The lowest BCUT2D eigenvalue weighted by Gasteiger charge is -2.16. The van der Waals surface area contributed by atoms with Gasteiger partial charge in [0, 0.05) is 12.6 Å². The standard InChI is InChI=1S/C11H21NO2S/c1-3-15-8-6-9(2)12-11(13)10-5-4-7-14-10/h9-10H,3-8H2,1-2H3,(H,12,13)/t9-,10-/m1/s1. The topological polar surface area (TPSA) is 38.3 Å². The first-order valence-electron chi connectivity index (χ1n) is 5.73. The van der Waals surface area contributed by atoms with E-state index in [4.69, 9.17) is 4.74 Å². The molecule has 0 aromatic rings. The third-order valence-corrected chi connectivity index (χ3v) is 3.44. The molecule has 1 rings (SSSR count). The second-order valence-corrected chi connectivity index (χ2v) is 5.29. The first-order valence-corrected chi connectivity index (χ1v) is 6.89. The van der Waals surface area contributed by atoms with E-state index in [-0.39, 0.29) is 18.1 Å². The smallest absolute Gasteiger partial charge is 0.249 e. The van der Waals surface area contributed by atoms with E-state index in [1.165, 1.54) is 0 Å². The van der Waals surface area contributed by atoms with Gasteiger partial charge in [0.2, 0.25) is 5.91 Å². The summed E-state index contributed by atoms with van der Waals surface area (Å²) in [5.74, 6) is 2.33. The fourth-order valence-electron chi connectivity index (χ4n) is 1.60. The number of carbonyl (C=O) groups is 1. The molecule has 1 heterocycles. The molecule has 0 bridgehead atoms. The van der Waals surface area contributed by atoms with Crippen LogP contribution in [0.25, 0.3) is 0 Å². The average Bonchev–Trinajstić information content (AvgIpc) is 2.70. The number of hydrogen-bond acceptors (Lipinski definition) is 3. The summed E-state index contributed by atoms with van der Waals surface area (Å²) < 4.78 is 5.32. The number of ether oxygens (including phenoxy) is 1. The van der Waals surface area contributed by atoms with Crippen molar-refractivity contribution in [1.29, 1.82) is 0 Å². The lowest BCUT2D eigenvalue weighted by molar-refractivity contribution is -0.130. The molecule has 0 aromatic carbocycles. The highest BCUT2D eigenvalue weighted by molar-refractivity contribution is 7.99. The van der Waals surface area contributed by atoms with Crippen LogP contribution in [0.5, 0.6) is 0 Å². The first kappa shape index (κ1) is 12.8. The number of nitrogens with one attached hydrogen (secondary N) is 1. The molecule has 4 heteroatoms. The molecule has 1 aliphatic rings. The Balaban J connectivity index is 2.13. The van der Waals surface area contributed by atoms with Crippen LogP contribution in [0.3, 0.4) is 0 Å². The number of rotatable bonds is 6. The van der Waals surface area contributed by atoms with Crippen molar-refractivity contribution in [3.05, 3.63) is 0 Å². The van der Waals surface area contributed by atoms with Crippen molar-refractivity contribution in [2.45, 2.75) is 45.3 Å². The van der Waals surface area contributed by atoms with Crippen molar-refractivity contribution in [3.8, 4) is 0 Å². The van der Waals surface area contributed by atoms with Crippen LogP contribution in [0.2, 0.25) is 0 Å². The molecule has 3 nitrogen and oxygen atoms in total. The molecule has 0 unspecified atom stereocenters. The molecule has 1 saturated heterocycles. The second-order valence-electron chi connectivity index (χ2n) is 3.90. The Labute approximate surface area is 96.3 Å². The van der Waals surface area contributed by atoms with Gasteiger partial charge < -0.3 is 10.1 Å². The Morgan fingerprint density at radius 1 is 1.67 bits per heavy atom. The zero-order valence-electron chi connectivity index (χ0n) is 9.62. The molecule has 0 aliphatic carbocycles. The van der Waals surface area contributed by atoms with E-state index in [0.717, 1.165) is 37.4 Å². The molecule has 1 amide bonds. The summed E-state index contributed by atoms with van der Waals surface area (Å²) in [6.45, 7) is 4.95. The van der Waals surface area contributed by atoms with Crippen LogP contribution in [-0.2, 0) is 9.53 Å². The molecule has 0 spiro atoms. The number of carbonyl (C=O) groups excluding carboxylic acids is 1. The first-order chi connectivity index (χ1) is 7.24. The summed E-state index contributed by atoms with van der Waals surface area (Å²) >= 11 is 1.91. The average molecular weight is 231 g/mol. The van der Waals surface area contributed by atoms with Crippen LogP contribution in [0.1, 0.15) is 33.1 Å². The van der Waals surface area contributed by atoms with Crippen LogP contribution < -0.4 is 5.32 Å². The van der Waals surface area contributed by atoms with Gasteiger partial charge >= 0.3 is 0 Å². The Hall–Kier alpha value is -0.220. The Bertz CT molecular complexity index is 193. The molecule has 15 heavy (non-hydrogen) atoms. The van der Waals surface area contributed by atoms with Gasteiger partial charge in [0.25, 0.3) is 0 Å². The summed E-state index contributed by atoms with van der Waals surface area (Å²) in [7, 11) is 0. The minimum Gasteiger partial charge on any atom is -0.368 e. The fraction of sp³-hybridized carbons (Fsp3) is 0.909.